The maximum atomic E-state index is 13.6. The predicted octanol–water partition coefficient (Wildman–Crippen LogP) is 4.36. The van der Waals surface area contributed by atoms with Crippen molar-refractivity contribution in [2.75, 3.05) is 23.3 Å². The van der Waals surface area contributed by atoms with Crippen molar-refractivity contribution in [1.82, 2.24) is 0 Å². The normalized spacial score (nSPS) is 11.1. The maximum Gasteiger partial charge on any atom is 0.274 e. The van der Waals surface area contributed by atoms with E-state index in [0.29, 0.717) is 0 Å². The van der Waals surface area contributed by atoms with Crippen LogP contribution < -0.4 is 14.4 Å². The van der Waals surface area contributed by atoms with Gasteiger partial charge in [-0.3, -0.25) is 19.2 Å². The second-order valence-corrected chi connectivity index (χ2v) is 9.62. The van der Waals surface area contributed by atoms with Gasteiger partial charge in [-0.2, -0.15) is 0 Å². The standard InChI is InChI=1S/C24H25N3O6S/c1-16-8-11-19(12-9-16)34(31,32)26(22-14-17(2)10-13-23(22)33-4)15-24(28)25-20-6-5-7-21(18(20)3)27(29)30/h5-14H,15H2,1-4H3,(H,25,28). The van der Waals surface area contributed by atoms with E-state index in [4.69, 9.17) is 4.74 Å². The van der Waals surface area contributed by atoms with E-state index in [9.17, 15) is 23.3 Å². The van der Waals surface area contributed by atoms with Gasteiger partial charge in [-0.15, -0.1) is 0 Å². The second-order valence-electron chi connectivity index (χ2n) is 7.76. The molecule has 0 fully saturated rings. The summed E-state index contributed by atoms with van der Waals surface area (Å²) in [6.07, 6.45) is 0. The van der Waals surface area contributed by atoms with E-state index in [-0.39, 0.29) is 33.3 Å². The first kappa shape index (κ1) is 24.7. The summed E-state index contributed by atoms with van der Waals surface area (Å²) >= 11 is 0. The highest BCUT2D eigenvalue weighted by Crippen LogP contribution is 2.34. The average molecular weight is 484 g/mol. The van der Waals surface area contributed by atoms with Crippen LogP contribution in [-0.2, 0) is 14.8 Å². The Bertz CT molecular complexity index is 1340. The fourth-order valence-electron chi connectivity index (χ4n) is 3.41. The number of nitrogens with zero attached hydrogens (tertiary/aromatic N) is 2. The summed E-state index contributed by atoms with van der Waals surface area (Å²) in [5.41, 5.74) is 2.20. The third-order valence-electron chi connectivity index (χ3n) is 5.28. The van der Waals surface area contributed by atoms with Crippen LogP contribution in [0.5, 0.6) is 5.75 Å². The van der Waals surface area contributed by atoms with Crippen molar-refractivity contribution in [3.8, 4) is 5.75 Å². The fraction of sp³-hybridized carbons (Fsp3) is 0.208. The molecule has 34 heavy (non-hydrogen) atoms. The van der Waals surface area contributed by atoms with Gasteiger partial charge in [0.2, 0.25) is 5.91 Å². The summed E-state index contributed by atoms with van der Waals surface area (Å²) in [7, 11) is -2.74. The molecule has 0 atom stereocenters. The summed E-state index contributed by atoms with van der Waals surface area (Å²) in [6, 6.07) is 15.6. The Balaban J connectivity index is 2.04. The lowest BCUT2D eigenvalue weighted by Gasteiger charge is -2.26. The van der Waals surface area contributed by atoms with E-state index in [1.54, 1.807) is 37.3 Å². The number of ether oxygens (including phenoxy) is 1. The predicted molar refractivity (Wildman–Crippen MR) is 130 cm³/mol. The van der Waals surface area contributed by atoms with Gasteiger partial charge in [0, 0.05) is 6.07 Å². The van der Waals surface area contributed by atoms with Gasteiger partial charge < -0.3 is 10.1 Å². The van der Waals surface area contributed by atoms with Crippen molar-refractivity contribution in [3.63, 3.8) is 0 Å². The molecule has 0 heterocycles. The fourth-order valence-corrected chi connectivity index (χ4v) is 4.83. The molecule has 3 aromatic rings. The van der Waals surface area contributed by atoms with Crippen LogP contribution in [0, 0.1) is 30.9 Å². The Morgan fingerprint density at radius 3 is 2.29 bits per heavy atom. The number of carbonyl (C=O) groups excluding carboxylic acids is 1. The first-order valence-electron chi connectivity index (χ1n) is 10.3. The number of hydrogen-bond acceptors (Lipinski definition) is 6. The number of anilines is 2. The van der Waals surface area contributed by atoms with Gasteiger partial charge in [0.1, 0.15) is 12.3 Å². The molecule has 0 aliphatic rings. The number of nitrogens with one attached hydrogen (secondary N) is 1. The number of methoxy groups -OCH3 is 1. The molecule has 0 bridgehead atoms. The van der Waals surface area contributed by atoms with Gasteiger partial charge in [-0.1, -0.05) is 29.8 Å². The zero-order chi connectivity index (χ0) is 25.0. The van der Waals surface area contributed by atoms with Gasteiger partial charge in [0.15, 0.2) is 0 Å². The molecule has 0 saturated carbocycles. The van der Waals surface area contributed by atoms with Crippen LogP contribution in [0.15, 0.2) is 65.6 Å². The van der Waals surface area contributed by atoms with Crippen LogP contribution in [0.25, 0.3) is 0 Å². The number of sulfonamides is 1. The minimum atomic E-state index is -4.16. The van der Waals surface area contributed by atoms with Gasteiger partial charge in [0.25, 0.3) is 15.7 Å². The lowest BCUT2D eigenvalue weighted by molar-refractivity contribution is -0.385. The molecular formula is C24H25N3O6S. The third kappa shape index (κ3) is 5.18. The second kappa shape index (κ2) is 9.92. The minimum Gasteiger partial charge on any atom is -0.495 e. The Hall–Kier alpha value is -3.92. The van der Waals surface area contributed by atoms with Crippen LogP contribution in [0.4, 0.5) is 17.1 Å². The van der Waals surface area contributed by atoms with Crippen molar-refractivity contribution in [2.24, 2.45) is 0 Å². The van der Waals surface area contributed by atoms with Gasteiger partial charge >= 0.3 is 0 Å². The van der Waals surface area contributed by atoms with E-state index in [2.05, 4.69) is 5.32 Å². The summed E-state index contributed by atoms with van der Waals surface area (Å²) in [6.45, 7) is 4.58. The number of amides is 1. The van der Waals surface area contributed by atoms with E-state index in [1.165, 1.54) is 44.4 Å². The molecule has 0 spiro atoms. The molecule has 0 aliphatic heterocycles. The molecule has 10 heteroatoms. The lowest BCUT2D eigenvalue weighted by Crippen LogP contribution is -2.38. The molecule has 3 rings (SSSR count). The summed E-state index contributed by atoms with van der Waals surface area (Å²) in [5.74, 6) is -0.386. The Labute approximate surface area is 198 Å². The Morgan fingerprint density at radius 1 is 1.03 bits per heavy atom. The van der Waals surface area contributed by atoms with Crippen LogP contribution in [0.2, 0.25) is 0 Å². The van der Waals surface area contributed by atoms with Crippen molar-refractivity contribution < 1.29 is 22.9 Å². The number of aryl methyl sites for hydroxylation is 2. The van der Waals surface area contributed by atoms with E-state index in [1.807, 2.05) is 6.92 Å². The first-order chi connectivity index (χ1) is 16.0. The number of nitro benzene ring substituents is 1. The minimum absolute atomic E-state index is 0.0148. The van der Waals surface area contributed by atoms with E-state index < -0.39 is 27.4 Å². The molecule has 178 valence electrons. The number of nitro groups is 1. The van der Waals surface area contributed by atoms with Crippen molar-refractivity contribution >= 4 is 33.0 Å². The summed E-state index contributed by atoms with van der Waals surface area (Å²) < 4.78 is 33.6. The molecule has 0 saturated heterocycles. The zero-order valence-corrected chi connectivity index (χ0v) is 20.0. The molecule has 0 aliphatic carbocycles. The van der Waals surface area contributed by atoms with E-state index in [0.717, 1.165) is 15.4 Å². The zero-order valence-electron chi connectivity index (χ0n) is 19.2. The Morgan fingerprint density at radius 2 is 1.68 bits per heavy atom. The van der Waals surface area contributed by atoms with Gasteiger partial charge in [-0.25, -0.2) is 8.42 Å². The average Bonchev–Trinajstić information content (AvgIpc) is 2.79. The van der Waals surface area contributed by atoms with Gasteiger partial charge in [-0.05, 0) is 56.7 Å². The summed E-state index contributed by atoms with van der Waals surface area (Å²) in [5, 5.41) is 13.8. The number of carbonyl (C=O) groups is 1. The van der Waals surface area contributed by atoms with Gasteiger partial charge in [0.05, 0.1) is 33.9 Å². The highest BCUT2D eigenvalue weighted by molar-refractivity contribution is 7.92. The smallest absolute Gasteiger partial charge is 0.274 e. The number of hydrogen-bond donors (Lipinski definition) is 1. The number of rotatable bonds is 8. The summed E-state index contributed by atoms with van der Waals surface area (Å²) in [4.78, 5) is 23.7. The lowest BCUT2D eigenvalue weighted by atomic mass is 10.1. The molecule has 1 amide bonds. The van der Waals surface area contributed by atoms with Crippen molar-refractivity contribution in [2.45, 2.75) is 25.7 Å². The Kier molecular flexibility index (Phi) is 7.21. The topological polar surface area (TPSA) is 119 Å². The molecule has 3 aromatic carbocycles. The number of benzene rings is 3. The van der Waals surface area contributed by atoms with Crippen LogP contribution in [-0.4, -0.2) is 32.9 Å². The maximum absolute atomic E-state index is 13.6. The molecule has 9 nitrogen and oxygen atoms in total. The quantitative estimate of drug-likeness (QED) is 0.376. The highest BCUT2D eigenvalue weighted by atomic mass is 32.2. The van der Waals surface area contributed by atoms with Crippen LogP contribution in [0.1, 0.15) is 16.7 Å². The molecule has 0 aromatic heterocycles. The van der Waals surface area contributed by atoms with Crippen LogP contribution in [0.3, 0.4) is 0 Å². The van der Waals surface area contributed by atoms with Crippen LogP contribution >= 0.6 is 0 Å². The monoisotopic (exact) mass is 483 g/mol. The molecule has 0 radical (unpaired) electrons. The third-order valence-corrected chi connectivity index (χ3v) is 7.05. The molecule has 1 N–H and O–H groups in total. The van der Waals surface area contributed by atoms with Crippen molar-refractivity contribution in [1.29, 1.82) is 0 Å². The largest absolute Gasteiger partial charge is 0.495 e. The van der Waals surface area contributed by atoms with E-state index >= 15 is 0 Å². The first-order valence-corrected chi connectivity index (χ1v) is 11.8. The van der Waals surface area contributed by atoms with Crippen molar-refractivity contribution in [3.05, 3.63) is 87.5 Å². The SMILES string of the molecule is COc1ccc(C)cc1N(CC(=O)Nc1cccc([N+](=O)[O-])c1C)S(=O)(=O)c1ccc(C)cc1. The molecular weight excluding hydrogens is 458 g/mol. The molecule has 0 unspecified atom stereocenters. The highest BCUT2D eigenvalue weighted by Gasteiger charge is 2.30.